The Kier molecular flexibility index (Phi) is 4.47. The second-order valence-electron chi connectivity index (χ2n) is 6.26. The number of pyridine rings is 1. The van der Waals surface area contributed by atoms with Gasteiger partial charge in [0.25, 0.3) is 5.88 Å². The number of hydrogen-bond donors (Lipinski definition) is 0. The van der Waals surface area contributed by atoms with Gasteiger partial charge in [-0.3, -0.25) is 4.90 Å². The van der Waals surface area contributed by atoms with E-state index in [1.807, 2.05) is 6.92 Å². The summed E-state index contributed by atoms with van der Waals surface area (Å²) in [6.45, 7) is 4.41. The number of halogens is 1. The molecule has 0 spiro atoms. The van der Waals surface area contributed by atoms with E-state index in [4.69, 9.17) is 9.47 Å². The lowest BCUT2D eigenvalue weighted by atomic mass is 10.1. The first-order chi connectivity index (χ1) is 11.7. The summed E-state index contributed by atoms with van der Waals surface area (Å²) in [5, 5.41) is 3.21. The molecule has 0 radical (unpaired) electrons. The van der Waals surface area contributed by atoms with Gasteiger partial charge in [0, 0.05) is 30.7 Å². The van der Waals surface area contributed by atoms with E-state index >= 15 is 0 Å². The highest BCUT2D eigenvalue weighted by Gasteiger charge is 2.44. The van der Waals surface area contributed by atoms with Crippen molar-refractivity contribution in [3.05, 3.63) is 40.2 Å². The number of hydrogen-bond acceptors (Lipinski definition) is 6. The number of thiazole rings is 1. The van der Waals surface area contributed by atoms with E-state index in [0.29, 0.717) is 6.61 Å². The van der Waals surface area contributed by atoms with Crippen molar-refractivity contribution >= 4 is 11.3 Å². The largest absolute Gasteiger partial charge is 0.469 e. The van der Waals surface area contributed by atoms with Crippen molar-refractivity contribution in [1.29, 1.82) is 0 Å². The molecule has 4 rings (SSSR count). The molecule has 2 aliphatic rings. The summed E-state index contributed by atoms with van der Waals surface area (Å²) >= 11 is 1.68. The summed E-state index contributed by atoms with van der Waals surface area (Å²) < 4.78 is 25.6. The van der Waals surface area contributed by atoms with E-state index < -0.39 is 5.82 Å². The Morgan fingerprint density at radius 2 is 2.38 bits per heavy atom. The summed E-state index contributed by atoms with van der Waals surface area (Å²) in [7, 11) is 0. The Labute approximate surface area is 144 Å². The minimum atomic E-state index is -0.424. The molecule has 1 saturated heterocycles. The molecule has 1 aliphatic heterocycles. The first kappa shape index (κ1) is 15.9. The normalized spacial score (nSPS) is 27.2. The van der Waals surface area contributed by atoms with E-state index in [-0.39, 0.29) is 24.1 Å². The van der Waals surface area contributed by atoms with Crippen molar-refractivity contribution in [2.45, 2.75) is 44.6 Å². The molecule has 0 amide bonds. The van der Waals surface area contributed by atoms with Crippen LogP contribution in [0.5, 0.6) is 5.88 Å². The maximum atomic E-state index is 13.8. The molecule has 3 atom stereocenters. The third-order valence-electron chi connectivity index (χ3n) is 4.67. The lowest BCUT2D eigenvalue weighted by molar-refractivity contribution is -0.0929. The molecule has 2 fully saturated rings. The molecule has 1 aliphatic carbocycles. The van der Waals surface area contributed by atoms with Gasteiger partial charge in [-0.25, -0.2) is 14.4 Å². The lowest BCUT2D eigenvalue weighted by Crippen LogP contribution is -2.51. The Bertz CT molecular complexity index is 711. The topological polar surface area (TPSA) is 47.5 Å². The number of rotatable bonds is 4. The maximum absolute atomic E-state index is 13.8. The Morgan fingerprint density at radius 1 is 1.46 bits per heavy atom. The first-order valence-corrected chi connectivity index (χ1v) is 9.12. The van der Waals surface area contributed by atoms with Crippen LogP contribution >= 0.6 is 11.3 Å². The molecule has 2 aromatic rings. The minimum Gasteiger partial charge on any atom is -0.469 e. The molecule has 0 N–H and O–H groups in total. The fraction of sp³-hybridized carbons (Fsp3) is 0.529. The average molecular weight is 349 g/mol. The Morgan fingerprint density at radius 3 is 3.17 bits per heavy atom. The van der Waals surface area contributed by atoms with Crippen LogP contribution in [0.4, 0.5) is 4.39 Å². The lowest BCUT2D eigenvalue weighted by Gasteiger charge is -2.38. The van der Waals surface area contributed by atoms with E-state index in [1.54, 1.807) is 23.6 Å². The van der Waals surface area contributed by atoms with Gasteiger partial charge in [0.1, 0.15) is 12.2 Å². The molecule has 7 heteroatoms. The third-order valence-corrected chi connectivity index (χ3v) is 5.49. The monoisotopic (exact) mass is 349 g/mol. The highest BCUT2D eigenvalue weighted by Crippen LogP contribution is 2.33. The number of morpholine rings is 1. The summed E-state index contributed by atoms with van der Waals surface area (Å²) in [5.41, 5.74) is 1.11. The van der Waals surface area contributed by atoms with Crippen molar-refractivity contribution in [1.82, 2.24) is 14.9 Å². The van der Waals surface area contributed by atoms with E-state index in [0.717, 1.165) is 36.6 Å². The van der Waals surface area contributed by atoms with Gasteiger partial charge in [0.15, 0.2) is 5.82 Å². The van der Waals surface area contributed by atoms with E-state index in [9.17, 15) is 4.39 Å². The van der Waals surface area contributed by atoms with Gasteiger partial charge in [-0.1, -0.05) is 0 Å². The Hall–Kier alpha value is -1.57. The fourth-order valence-electron chi connectivity index (χ4n) is 3.60. The van der Waals surface area contributed by atoms with Crippen LogP contribution in [0.15, 0.2) is 23.7 Å². The molecular formula is C17H20FN3O2S. The smallest absolute Gasteiger partial charge is 0.250 e. The number of aromatic nitrogens is 2. The molecule has 2 aromatic heterocycles. The van der Waals surface area contributed by atoms with Gasteiger partial charge >= 0.3 is 0 Å². The predicted octanol–water partition coefficient (Wildman–Crippen LogP) is 2.80. The first-order valence-electron chi connectivity index (χ1n) is 8.24. The van der Waals surface area contributed by atoms with Crippen LogP contribution in [0.25, 0.3) is 0 Å². The highest BCUT2D eigenvalue weighted by molar-refractivity contribution is 7.09. The van der Waals surface area contributed by atoms with Gasteiger partial charge in [-0.15, -0.1) is 11.3 Å². The minimum absolute atomic E-state index is 0.0418. The van der Waals surface area contributed by atoms with E-state index in [1.165, 1.54) is 6.07 Å². The third kappa shape index (κ3) is 3.16. The zero-order valence-corrected chi connectivity index (χ0v) is 14.3. The molecule has 0 unspecified atom stereocenters. The second kappa shape index (κ2) is 6.74. The van der Waals surface area contributed by atoms with Gasteiger partial charge in [-0.2, -0.15) is 0 Å². The fourth-order valence-corrected chi connectivity index (χ4v) is 4.21. The van der Waals surface area contributed by atoms with Gasteiger partial charge < -0.3 is 9.47 Å². The summed E-state index contributed by atoms with van der Waals surface area (Å²) in [4.78, 5) is 11.0. The summed E-state index contributed by atoms with van der Waals surface area (Å²) in [6.07, 6.45) is 3.17. The van der Waals surface area contributed by atoms with Crippen LogP contribution in [0, 0.1) is 12.7 Å². The predicted molar refractivity (Wildman–Crippen MR) is 88.6 cm³/mol. The van der Waals surface area contributed by atoms with Crippen LogP contribution in [-0.4, -0.2) is 46.3 Å². The van der Waals surface area contributed by atoms with Gasteiger partial charge in [-0.05, 0) is 31.9 Å². The molecule has 128 valence electrons. The number of fused-ring (bicyclic) bond motifs is 1. The molecule has 0 aromatic carbocycles. The van der Waals surface area contributed by atoms with Crippen molar-refractivity contribution < 1.29 is 13.9 Å². The summed E-state index contributed by atoms with van der Waals surface area (Å²) in [5.74, 6) is -0.356. The Balaban J connectivity index is 1.45. The van der Waals surface area contributed by atoms with Gasteiger partial charge in [0.2, 0.25) is 0 Å². The van der Waals surface area contributed by atoms with Crippen LogP contribution < -0.4 is 4.74 Å². The van der Waals surface area contributed by atoms with Gasteiger partial charge in [0.05, 0.1) is 17.3 Å². The second-order valence-corrected chi connectivity index (χ2v) is 7.32. The van der Waals surface area contributed by atoms with Crippen molar-refractivity contribution in [3.8, 4) is 5.88 Å². The van der Waals surface area contributed by atoms with Crippen molar-refractivity contribution in [3.63, 3.8) is 0 Å². The molecule has 0 bridgehead atoms. The highest BCUT2D eigenvalue weighted by atomic mass is 32.1. The molecule has 3 heterocycles. The van der Waals surface area contributed by atoms with Crippen LogP contribution in [0.2, 0.25) is 0 Å². The molecular weight excluding hydrogens is 329 g/mol. The van der Waals surface area contributed by atoms with Crippen molar-refractivity contribution in [2.75, 3.05) is 13.2 Å². The van der Waals surface area contributed by atoms with Crippen LogP contribution in [-0.2, 0) is 11.3 Å². The zero-order valence-electron chi connectivity index (χ0n) is 13.5. The number of ether oxygens (including phenoxy) is 2. The molecule has 24 heavy (non-hydrogen) atoms. The SMILES string of the molecule is Cc1nc(CN2CCO[C@@H]3[C@@H](Oc4ncccc4F)CC[C@H]32)cs1. The van der Waals surface area contributed by atoms with Crippen LogP contribution in [0.3, 0.4) is 0 Å². The van der Waals surface area contributed by atoms with Crippen LogP contribution in [0.1, 0.15) is 23.5 Å². The maximum Gasteiger partial charge on any atom is 0.250 e. The number of nitrogens with zero attached hydrogens (tertiary/aromatic N) is 3. The van der Waals surface area contributed by atoms with E-state index in [2.05, 4.69) is 20.2 Å². The summed E-state index contributed by atoms with van der Waals surface area (Å²) in [6, 6.07) is 3.22. The molecule has 1 saturated carbocycles. The van der Waals surface area contributed by atoms with Crippen molar-refractivity contribution in [2.24, 2.45) is 0 Å². The number of aryl methyl sites for hydroxylation is 1. The molecule has 5 nitrogen and oxygen atoms in total. The average Bonchev–Trinajstić information content (AvgIpc) is 3.17. The zero-order chi connectivity index (χ0) is 16.5. The standard InChI is InChI=1S/C17H20FN3O2S/c1-11-20-12(10-24-11)9-21-7-8-22-16-14(21)4-5-15(16)23-17-13(18)3-2-6-19-17/h2-3,6,10,14-16H,4-5,7-9H2,1H3/t14-,15+,16+/m1/s1. The quantitative estimate of drug-likeness (QED) is 0.849.